The summed E-state index contributed by atoms with van der Waals surface area (Å²) in [5.74, 6) is 7.95. The molecule has 3 N–H and O–H groups in total. The Kier molecular flexibility index (Phi) is 5.95. The van der Waals surface area contributed by atoms with E-state index >= 15 is 0 Å². The Morgan fingerprint density at radius 2 is 1.80 bits per heavy atom. The lowest BCUT2D eigenvalue weighted by atomic mass is 10.1. The number of guanidine groups is 1. The maximum Gasteiger partial charge on any atom is 0.222 e. The number of hydrogen-bond donors (Lipinski definition) is 2. The van der Waals surface area contributed by atoms with Crippen molar-refractivity contribution in [2.75, 3.05) is 63.1 Å². The molecule has 9 nitrogen and oxygen atoms in total. The number of ether oxygens (including phenoxy) is 1. The maximum absolute atomic E-state index is 8.52. The third kappa shape index (κ3) is 4.44. The zero-order valence-corrected chi connectivity index (χ0v) is 17.1. The van der Waals surface area contributed by atoms with Gasteiger partial charge >= 0.3 is 0 Å². The van der Waals surface area contributed by atoms with Gasteiger partial charge in [0, 0.05) is 57.2 Å². The van der Waals surface area contributed by atoms with Crippen molar-refractivity contribution in [2.45, 2.75) is 6.92 Å². The molecular weight excluding hydrogens is 380 g/mol. The number of nitrogens with one attached hydrogen (secondary N) is 1. The van der Waals surface area contributed by atoms with Gasteiger partial charge in [-0.15, -0.1) is 0 Å². The maximum atomic E-state index is 8.52. The van der Waals surface area contributed by atoms with E-state index in [4.69, 9.17) is 15.9 Å². The summed E-state index contributed by atoms with van der Waals surface area (Å²) in [6.45, 7) is 7.78. The SMILES string of the molecule is Cc1nc(N)nc(N2CCN(C(=N)N3CCOCC3)CC2)c1C#Cc1cccnc1. The normalized spacial score (nSPS) is 16.8. The van der Waals surface area contributed by atoms with E-state index in [1.165, 1.54) is 0 Å². The van der Waals surface area contributed by atoms with Gasteiger partial charge in [-0.3, -0.25) is 10.4 Å². The zero-order chi connectivity index (χ0) is 20.9. The molecule has 2 aliphatic heterocycles. The molecule has 0 radical (unpaired) electrons. The largest absolute Gasteiger partial charge is 0.378 e. The molecule has 0 aliphatic carbocycles. The average molecular weight is 406 g/mol. The second-order valence-electron chi connectivity index (χ2n) is 7.25. The van der Waals surface area contributed by atoms with Crippen LogP contribution in [0.1, 0.15) is 16.8 Å². The van der Waals surface area contributed by atoms with Crippen molar-refractivity contribution in [3.8, 4) is 11.8 Å². The molecule has 0 atom stereocenters. The van der Waals surface area contributed by atoms with Crippen molar-refractivity contribution >= 4 is 17.7 Å². The van der Waals surface area contributed by atoms with Gasteiger partial charge in [-0.25, -0.2) is 4.98 Å². The minimum atomic E-state index is 0.248. The predicted octanol–water partition coefficient (Wildman–Crippen LogP) is 0.551. The van der Waals surface area contributed by atoms with Crippen LogP contribution in [0.2, 0.25) is 0 Å². The van der Waals surface area contributed by atoms with Gasteiger partial charge in [-0.05, 0) is 19.1 Å². The van der Waals surface area contributed by atoms with E-state index in [0.29, 0.717) is 19.2 Å². The van der Waals surface area contributed by atoms with Crippen LogP contribution in [0.15, 0.2) is 24.5 Å². The fraction of sp³-hybridized carbons (Fsp3) is 0.429. The van der Waals surface area contributed by atoms with Gasteiger partial charge in [0.05, 0.1) is 24.5 Å². The molecule has 0 amide bonds. The summed E-state index contributed by atoms with van der Waals surface area (Å²) in [7, 11) is 0. The summed E-state index contributed by atoms with van der Waals surface area (Å²) in [6, 6.07) is 3.78. The molecule has 2 fully saturated rings. The van der Waals surface area contributed by atoms with Crippen LogP contribution >= 0.6 is 0 Å². The van der Waals surface area contributed by atoms with Gasteiger partial charge in [0.1, 0.15) is 5.82 Å². The van der Waals surface area contributed by atoms with Crippen LogP contribution in [0.3, 0.4) is 0 Å². The number of aromatic nitrogens is 3. The smallest absolute Gasteiger partial charge is 0.222 e. The number of rotatable bonds is 1. The molecule has 4 rings (SSSR count). The van der Waals surface area contributed by atoms with E-state index in [0.717, 1.165) is 61.9 Å². The van der Waals surface area contributed by atoms with Crippen LogP contribution in [-0.4, -0.2) is 83.2 Å². The van der Waals surface area contributed by atoms with E-state index in [-0.39, 0.29) is 5.95 Å². The third-order valence-electron chi connectivity index (χ3n) is 5.27. The van der Waals surface area contributed by atoms with Crippen molar-refractivity contribution in [2.24, 2.45) is 0 Å². The molecule has 2 aromatic rings. The van der Waals surface area contributed by atoms with Crippen LogP contribution in [0.25, 0.3) is 0 Å². The summed E-state index contributed by atoms with van der Waals surface area (Å²) in [4.78, 5) is 19.3. The topological polar surface area (TPSA) is 107 Å². The summed E-state index contributed by atoms with van der Waals surface area (Å²) < 4.78 is 5.39. The second-order valence-corrected chi connectivity index (χ2v) is 7.25. The molecule has 0 spiro atoms. The van der Waals surface area contributed by atoms with Gasteiger partial charge in [0.15, 0.2) is 5.96 Å². The number of piperazine rings is 1. The first-order chi connectivity index (χ1) is 14.6. The number of nitrogens with two attached hydrogens (primary N) is 1. The lowest BCUT2D eigenvalue weighted by Crippen LogP contribution is -2.55. The zero-order valence-electron chi connectivity index (χ0n) is 17.1. The molecule has 2 saturated heterocycles. The quantitative estimate of drug-likeness (QED) is 0.402. The van der Waals surface area contributed by atoms with Crippen molar-refractivity contribution < 1.29 is 4.74 Å². The predicted molar refractivity (Wildman–Crippen MR) is 115 cm³/mol. The molecule has 9 heteroatoms. The van der Waals surface area contributed by atoms with Crippen LogP contribution in [0.5, 0.6) is 0 Å². The first-order valence-corrected chi connectivity index (χ1v) is 10.1. The minimum absolute atomic E-state index is 0.248. The van der Waals surface area contributed by atoms with Gasteiger partial charge in [-0.2, -0.15) is 4.98 Å². The van der Waals surface area contributed by atoms with Crippen LogP contribution in [-0.2, 0) is 4.74 Å². The molecule has 0 bridgehead atoms. The lowest BCUT2D eigenvalue weighted by molar-refractivity contribution is 0.0614. The van der Waals surface area contributed by atoms with Gasteiger partial charge in [-0.1, -0.05) is 11.8 Å². The summed E-state index contributed by atoms with van der Waals surface area (Å²) in [5.41, 5.74) is 8.33. The van der Waals surface area contributed by atoms with E-state index in [1.54, 1.807) is 12.4 Å². The number of pyridine rings is 1. The molecule has 0 aromatic carbocycles. The molecule has 2 aromatic heterocycles. The Morgan fingerprint density at radius 3 is 2.50 bits per heavy atom. The number of hydrogen-bond acceptors (Lipinski definition) is 7. The van der Waals surface area contributed by atoms with E-state index < -0.39 is 0 Å². The highest BCUT2D eigenvalue weighted by atomic mass is 16.5. The molecule has 4 heterocycles. The minimum Gasteiger partial charge on any atom is -0.378 e. The Hall–Kier alpha value is -3.38. The molecule has 0 unspecified atom stereocenters. The summed E-state index contributed by atoms with van der Waals surface area (Å²) >= 11 is 0. The highest BCUT2D eigenvalue weighted by Gasteiger charge is 2.26. The highest BCUT2D eigenvalue weighted by molar-refractivity contribution is 5.77. The van der Waals surface area contributed by atoms with Crippen molar-refractivity contribution in [1.82, 2.24) is 24.8 Å². The van der Waals surface area contributed by atoms with Gasteiger partial charge in [0.2, 0.25) is 5.95 Å². The van der Waals surface area contributed by atoms with E-state index in [1.807, 2.05) is 19.1 Å². The first kappa shape index (κ1) is 19.9. The Morgan fingerprint density at radius 1 is 1.07 bits per heavy atom. The number of nitrogen functional groups attached to an aromatic ring is 1. The van der Waals surface area contributed by atoms with Crippen molar-refractivity contribution in [1.29, 1.82) is 5.41 Å². The Bertz CT molecular complexity index is 954. The summed E-state index contributed by atoms with van der Waals surface area (Å²) in [6.07, 6.45) is 3.46. The van der Waals surface area contributed by atoms with Crippen LogP contribution in [0.4, 0.5) is 11.8 Å². The monoisotopic (exact) mass is 406 g/mol. The van der Waals surface area contributed by atoms with Gasteiger partial charge in [0.25, 0.3) is 0 Å². The standard InChI is InChI=1S/C21H26N8O/c1-16-18(5-4-17-3-2-6-24-15-17)19(26-20(22)25-16)27-7-9-28(10-8-27)21(23)29-11-13-30-14-12-29/h2-3,6,15,23H,7-14H2,1H3,(H2,22,25,26). The average Bonchev–Trinajstić information content (AvgIpc) is 2.79. The van der Waals surface area contributed by atoms with Crippen molar-refractivity contribution in [3.05, 3.63) is 41.3 Å². The number of nitrogens with zero attached hydrogens (tertiary/aromatic N) is 6. The molecule has 0 saturated carbocycles. The van der Waals surface area contributed by atoms with E-state index in [2.05, 4.69) is 41.5 Å². The Balaban J connectivity index is 1.50. The molecule has 2 aliphatic rings. The fourth-order valence-corrected chi connectivity index (χ4v) is 3.63. The Labute approximate surface area is 176 Å². The highest BCUT2D eigenvalue weighted by Crippen LogP contribution is 2.22. The molecular formula is C21H26N8O. The molecule has 30 heavy (non-hydrogen) atoms. The number of anilines is 2. The first-order valence-electron chi connectivity index (χ1n) is 10.1. The number of morpholine rings is 1. The summed E-state index contributed by atoms with van der Waals surface area (Å²) in [5, 5.41) is 8.52. The lowest BCUT2D eigenvalue weighted by Gasteiger charge is -2.41. The molecule has 156 valence electrons. The fourth-order valence-electron chi connectivity index (χ4n) is 3.63. The second kappa shape index (κ2) is 8.97. The van der Waals surface area contributed by atoms with E-state index in [9.17, 15) is 0 Å². The third-order valence-corrected chi connectivity index (χ3v) is 5.27. The van der Waals surface area contributed by atoms with Gasteiger partial charge < -0.3 is 25.2 Å². The van der Waals surface area contributed by atoms with Crippen molar-refractivity contribution in [3.63, 3.8) is 0 Å². The van der Waals surface area contributed by atoms with Crippen LogP contribution < -0.4 is 10.6 Å². The number of aryl methyl sites for hydroxylation is 1. The van der Waals surface area contributed by atoms with Crippen LogP contribution in [0, 0.1) is 24.2 Å².